The van der Waals surface area contributed by atoms with Crippen molar-refractivity contribution in [2.75, 3.05) is 13.2 Å². The van der Waals surface area contributed by atoms with Gasteiger partial charge in [-0.2, -0.15) is 0 Å². The predicted molar refractivity (Wildman–Crippen MR) is 52.8 cm³/mol. The molecule has 0 aromatic rings. The zero-order chi connectivity index (χ0) is 11.7. The Balaban J connectivity index is 2.10. The summed E-state index contributed by atoms with van der Waals surface area (Å²) in [5.41, 5.74) is 0. The van der Waals surface area contributed by atoms with E-state index < -0.39 is 17.8 Å². The highest BCUT2D eigenvalue weighted by Crippen LogP contribution is 2.47. The number of carbonyl (C=O) groups excluding carboxylic acids is 2. The number of aliphatic carboxylic acids is 1. The quantitative estimate of drug-likeness (QED) is 0.556. The molecule has 5 heteroatoms. The van der Waals surface area contributed by atoms with Crippen molar-refractivity contribution < 1.29 is 19.8 Å². The second-order valence-corrected chi connectivity index (χ2v) is 4.33. The highest BCUT2D eigenvalue weighted by atomic mass is 16.4. The number of aliphatic hydroxyl groups excluding tert-OH is 1. The maximum absolute atomic E-state index is 11.8. The lowest BCUT2D eigenvalue weighted by atomic mass is 9.82. The van der Waals surface area contributed by atoms with Crippen LogP contribution in [-0.2, 0) is 9.59 Å². The van der Waals surface area contributed by atoms with E-state index in [0.29, 0.717) is 0 Å². The van der Waals surface area contributed by atoms with Crippen LogP contribution in [0.3, 0.4) is 0 Å². The van der Waals surface area contributed by atoms with E-state index in [4.69, 9.17) is 5.11 Å². The van der Waals surface area contributed by atoms with Crippen molar-refractivity contribution in [3.63, 3.8) is 0 Å². The third-order valence-electron chi connectivity index (χ3n) is 3.45. The van der Waals surface area contributed by atoms with Gasteiger partial charge in [-0.1, -0.05) is 12.2 Å². The average Bonchev–Trinajstić information content (AvgIpc) is 2.84. The molecule has 0 heterocycles. The van der Waals surface area contributed by atoms with E-state index in [1.165, 1.54) is 0 Å². The van der Waals surface area contributed by atoms with Gasteiger partial charge in [0.2, 0.25) is 5.91 Å². The van der Waals surface area contributed by atoms with Crippen molar-refractivity contribution in [1.29, 1.82) is 0 Å². The number of aliphatic hydroxyl groups is 1. The maximum Gasteiger partial charge on any atom is 0.224 e. The lowest BCUT2D eigenvalue weighted by molar-refractivity contribution is -0.313. The average molecular weight is 224 g/mol. The van der Waals surface area contributed by atoms with E-state index in [0.717, 1.165) is 6.42 Å². The summed E-state index contributed by atoms with van der Waals surface area (Å²) in [5, 5.41) is 22.1. The molecule has 2 bridgehead atoms. The first-order valence-corrected chi connectivity index (χ1v) is 5.43. The molecule has 0 aromatic heterocycles. The minimum absolute atomic E-state index is 0.00610. The summed E-state index contributed by atoms with van der Waals surface area (Å²) in [6.07, 6.45) is 4.49. The van der Waals surface area contributed by atoms with Gasteiger partial charge in [0.15, 0.2) is 0 Å². The number of carboxylic acid groups (broad SMARTS) is 1. The Labute approximate surface area is 93.1 Å². The molecule has 2 rings (SSSR count). The van der Waals surface area contributed by atoms with Crippen LogP contribution in [0.1, 0.15) is 6.42 Å². The molecule has 0 unspecified atom stereocenters. The van der Waals surface area contributed by atoms with E-state index in [2.05, 4.69) is 5.32 Å². The fraction of sp³-hybridized carbons (Fsp3) is 0.636. The maximum atomic E-state index is 11.8. The van der Waals surface area contributed by atoms with Crippen LogP contribution in [0.15, 0.2) is 12.2 Å². The van der Waals surface area contributed by atoms with Gasteiger partial charge in [0.05, 0.1) is 12.5 Å². The lowest BCUT2D eigenvalue weighted by Gasteiger charge is -2.27. The molecule has 88 valence electrons. The molecule has 1 amide bonds. The standard InChI is InChI=1S/C11H15NO4/c13-4-3-12-10(14)8-6-1-2-7(5-6)9(8)11(15)16/h1-2,6-9,13H,3-5H2,(H,12,14)(H,15,16)/p-1/t6-,7+,8+,9-/m0/s1. The van der Waals surface area contributed by atoms with Gasteiger partial charge < -0.3 is 20.3 Å². The summed E-state index contributed by atoms with van der Waals surface area (Å²) >= 11 is 0. The molecule has 0 spiro atoms. The molecule has 2 aliphatic carbocycles. The van der Waals surface area contributed by atoms with Crippen molar-refractivity contribution in [1.82, 2.24) is 5.32 Å². The molecular formula is C11H14NO4-. The van der Waals surface area contributed by atoms with Crippen LogP contribution in [-0.4, -0.2) is 30.1 Å². The van der Waals surface area contributed by atoms with Crippen LogP contribution in [0.4, 0.5) is 0 Å². The highest BCUT2D eigenvalue weighted by molar-refractivity contribution is 5.86. The third-order valence-corrected chi connectivity index (χ3v) is 3.45. The molecule has 4 atom stereocenters. The number of hydrogen-bond donors (Lipinski definition) is 2. The summed E-state index contributed by atoms with van der Waals surface area (Å²) in [4.78, 5) is 22.8. The van der Waals surface area contributed by atoms with Crippen LogP contribution in [0.2, 0.25) is 0 Å². The van der Waals surface area contributed by atoms with E-state index in [9.17, 15) is 14.7 Å². The molecule has 0 saturated heterocycles. The molecule has 5 nitrogen and oxygen atoms in total. The highest BCUT2D eigenvalue weighted by Gasteiger charge is 2.48. The van der Waals surface area contributed by atoms with Gasteiger partial charge in [-0.15, -0.1) is 0 Å². The Morgan fingerprint density at radius 3 is 2.50 bits per heavy atom. The van der Waals surface area contributed by atoms with Crippen molar-refractivity contribution in [3.05, 3.63) is 12.2 Å². The zero-order valence-corrected chi connectivity index (χ0v) is 8.76. The number of amides is 1. The summed E-state index contributed by atoms with van der Waals surface area (Å²) in [6, 6.07) is 0. The first kappa shape index (κ1) is 11.1. The fourth-order valence-corrected chi connectivity index (χ4v) is 2.80. The molecule has 1 fully saturated rings. The van der Waals surface area contributed by atoms with Crippen LogP contribution in [0.5, 0.6) is 0 Å². The van der Waals surface area contributed by atoms with Gasteiger partial charge in [-0.05, 0) is 18.3 Å². The molecule has 0 radical (unpaired) electrons. The van der Waals surface area contributed by atoms with Gasteiger partial charge in [0.25, 0.3) is 0 Å². The van der Waals surface area contributed by atoms with Crippen LogP contribution >= 0.6 is 0 Å². The monoisotopic (exact) mass is 224 g/mol. The lowest BCUT2D eigenvalue weighted by Crippen LogP contribution is -2.45. The smallest absolute Gasteiger partial charge is 0.224 e. The molecular weight excluding hydrogens is 210 g/mol. The van der Waals surface area contributed by atoms with E-state index >= 15 is 0 Å². The number of hydrogen-bond acceptors (Lipinski definition) is 4. The Kier molecular flexibility index (Phi) is 2.96. The number of nitrogens with one attached hydrogen (secondary N) is 1. The zero-order valence-electron chi connectivity index (χ0n) is 8.76. The van der Waals surface area contributed by atoms with Crippen molar-refractivity contribution in [2.45, 2.75) is 6.42 Å². The van der Waals surface area contributed by atoms with Crippen LogP contribution < -0.4 is 10.4 Å². The van der Waals surface area contributed by atoms with Gasteiger partial charge in [-0.3, -0.25) is 4.79 Å². The SMILES string of the molecule is O=C([O-])[C@@H]1[C@H](C(=O)NCCO)[C@H]2C=C[C@@H]1C2. The van der Waals surface area contributed by atoms with Crippen LogP contribution in [0, 0.1) is 23.7 Å². The molecule has 2 aliphatic rings. The van der Waals surface area contributed by atoms with E-state index in [-0.39, 0.29) is 30.9 Å². The Hall–Kier alpha value is -1.36. The van der Waals surface area contributed by atoms with Crippen molar-refractivity contribution in [3.8, 4) is 0 Å². The minimum Gasteiger partial charge on any atom is -0.550 e. The molecule has 2 N–H and O–H groups in total. The number of fused-ring (bicyclic) bond motifs is 2. The Bertz CT molecular complexity index is 339. The first-order chi connectivity index (χ1) is 7.65. The first-order valence-electron chi connectivity index (χ1n) is 5.43. The van der Waals surface area contributed by atoms with Gasteiger partial charge in [0.1, 0.15) is 0 Å². The summed E-state index contributed by atoms with van der Waals surface area (Å²) in [5.74, 6) is -2.76. The second kappa shape index (κ2) is 4.25. The van der Waals surface area contributed by atoms with Crippen LogP contribution in [0.25, 0.3) is 0 Å². The number of rotatable bonds is 4. The summed E-state index contributed by atoms with van der Waals surface area (Å²) < 4.78 is 0. The van der Waals surface area contributed by atoms with Crippen molar-refractivity contribution in [2.24, 2.45) is 23.7 Å². The summed E-state index contributed by atoms with van der Waals surface area (Å²) in [6.45, 7) is 0.0224. The molecule has 0 aliphatic heterocycles. The van der Waals surface area contributed by atoms with E-state index in [1.54, 1.807) is 0 Å². The van der Waals surface area contributed by atoms with E-state index in [1.807, 2.05) is 12.2 Å². The van der Waals surface area contributed by atoms with Gasteiger partial charge >= 0.3 is 0 Å². The van der Waals surface area contributed by atoms with Gasteiger partial charge in [-0.25, -0.2) is 0 Å². The van der Waals surface area contributed by atoms with Crippen molar-refractivity contribution >= 4 is 11.9 Å². The molecule has 0 aromatic carbocycles. The largest absolute Gasteiger partial charge is 0.550 e. The topological polar surface area (TPSA) is 89.5 Å². The number of carboxylic acids is 1. The number of carbonyl (C=O) groups is 2. The Morgan fingerprint density at radius 1 is 1.31 bits per heavy atom. The van der Waals surface area contributed by atoms with Gasteiger partial charge in [0, 0.05) is 18.4 Å². The summed E-state index contributed by atoms with van der Waals surface area (Å²) in [7, 11) is 0. The molecule has 1 saturated carbocycles. The minimum atomic E-state index is -1.15. The molecule has 16 heavy (non-hydrogen) atoms. The third kappa shape index (κ3) is 1.71. The normalized spacial score (nSPS) is 35.3. The predicted octanol–water partition coefficient (Wildman–Crippen LogP) is -1.72. The second-order valence-electron chi connectivity index (χ2n) is 4.33. The Morgan fingerprint density at radius 2 is 1.94 bits per heavy atom. The fourth-order valence-electron chi connectivity index (χ4n) is 2.80. The number of allylic oxidation sites excluding steroid dienone is 2.